The van der Waals surface area contributed by atoms with Gasteiger partial charge >= 0.3 is 24.2 Å². The Kier molecular flexibility index (Phi) is 27.0. The lowest BCUT2D eigenvalue weighted by Gasteiger charge is -2.42. The summed E-state index contributed by atoms with van der Waals surface area (Å²) in [5.74, 6) is -2.94. The summed E-state index contributed by atoms with van der Waals surface area (Å²) in [5, 5.41) is 22.3. The van der Waals surface area contributed by atoms with E-state index in [1.165, 1.54) is 81.1 Å². The molecular formula is C62H85BrClN9O17S. The van der Waals surface area contributed by atoms with Gasteiger partial charge < -0.3 is 79.5 Å². The standard InChI is InChI=1S/C62H85BrClN9O17S/c1-36-16-15-19-48(85-10)62(83)33-47(88-58(80)69-62)37(2)55-61(4,90-55)49(32-53(77)73(8)44-30-40(28-36)31-46(84-9)54(44)64)89-56(78)38(3)72(7)52(76)23-27-91-60(82)71(6)26-25-70(5)59(81)86-35-39-20-21-45(43(29-39)67-50(74)22-24-66-51(75)34-63)87-57(79)68-42-18-14-12-11-13-17-41(42)65/h13,15-17,19-21,29-31,37-38,41-42,47-49,55,83H,11-12,14,18,22-28,32-35,65H2,1-10H3,(H,66,75)(H,67,74)(H,68,79)(H,69,80)/b17-13+,19-15+,36-16+/t37-,38+,41+,42?,47+,48-,49+,55+,61+,62+/m1/s1. The lowest BCUT2D eigenvalue weighted by Crippen LogP contribution is -2.63. The number of methoxy groups -OCH3 is 2. The van der Waals surface area contributed by atoms with Crippen LogP contribution in [-0.4, -0.2) is 200 Å². The number of esters is 1. The van der Waals surface area contributed by atoms with Crippen LogP contribution in [0, 0.1) is 5.92 Å². The normalized spacial score (nSPS) is 25.7. The number of fused-ring (bicyclic) bond motifs is 5. The van der Waals surface area contributed by atoms with E-state index in [4.69, 9.17) is 50.5 Å². The predicted molar refractivity (Wildman–Crippen MR) is 344 cm³/mol. The lowest BCUT2D eigenvalue weighted by atomic mass is 9.83. The minimum absolute atomic E-state index is 0.0102. The lowest BCUT2D eigenvalue weighted by molar-refractivity contribution is -0.162. The highest BCUT2D eigenvalue weighted by Crippen LogP contribution is 2.49. The third-order valence-electron chi connectivity index (χ3n) is 16.4. The molecule has 0 aromatic heterocycles. The Morgan fingerprint density at radius 2 is 1.75 bits per heavy atom. The molecule has 2 saturated heterocycles. The van der Waals surface area contributed by atoms with Crippen molar-refractivity contribution in [3.63, 3.8) is 0 Å². The molecule has 2 fully saturated rings. The molecule has 0 spiro atoms. The fourth-order valence-electron chi connectivity index (χ4n) is 10.6. The van der Waals surface area contributed by atoms with Gasteiger partial charge in [0.15, 0.2) is 11.5 Å². The first-order valence-electron chi connectivity index (χ1n) is 29.9. The molecule has 4 bridgehead atoms. The number of benzene rings is 2. The molecule has 3 heterocycles. The van der Waals surface area contributed by atoms with Crippen molar-refractivity contribution in [1.82, 2.24) is 30.7 Å². The van der Waals surface area contributed by atoms with Gasteiger partial charge in [-0.15, -0.1) is 0 Å². The Hall–Kier alpha value is -6.95. The Bertz CT molecular complexity index is 3090. The number of aliphatic hydroxyl groups is 1. The van der Waals surface area contributed by atoms with Gasteiger partial charge in [-0.2, -0.15) is 0 Å². The number of carbonyl (C=O) groups excluding carboxylic acids is 9. The Morgan fingerprint density at radius 3 is 2.46 bits per heavy atom. The van der Waals surface area contributed by atoms with Gasteiger partial charge in [0.2, 0.25) is 23.6 Å². The maximum Gasteiger partial charge on any atom is 0.412 e. The summed E-state index contributed by atoms with van der Waals surface area (Å²) >= 11 is 10.8. The number of nitrogens with two attached hydrogens (primary N) is 1. The maximum absolute atomic E-state index is 14.4. The van der Waals surface area contributed by atoms with Crippen molar-refractivity contribution in [2.75, 3.05) is 83.3 Å². The fourth-order valence-corrected chi connectivity index (χ4v) is 11.8. The smallest absolute Gasteiger partial charge is 0.412 e. The molecule has 3 aliphatic heterocycles. The first-order chi connectivity index (χ1) is 43.1. The molecule has 500 valence electrons. The van der Waals surface area contributed by atoms with E-state index in [1.807, 2.05) is 25.2 Å². The number of alkyl halides is 1. The number of allylic oxidation sites excluding steroid dienone is 4. The minimum Gasteiger partial charge on any atom is -0.495 e. The highest BCUT2D eigenvalue weighted by molar-refractivity contribution is 9.09. The molecule has 1 unspecified atom stereocenters. The topological polar surface area (TPSA) is 329 Å². The van der Waals surface area contributed by atoms with Gasteiger partial charge in [0.05, 0.1) is 42.4 Å². The first kappa shape index (κ1) is 73.1. The molecule has 2 aromatic carbocycles. The number of carbonyl (C=O) groups is 9. The van der Waals surface area contributed by atoms with Crippen LogP contribution in [0.2, 0.25) is 5.02 Å². The van der Waals surface area contributed by atoms with Crippen LogP contribution in [0.1, 0.15) is 90.2 Å². The Labute approximate surface area is 548 Å². The van der Waals surface area contributed by atoms with Crippen LogP contribution in [0.4, 0.5) is 30.6 Å². The van der Waals surface area contributed by atoms with Crippen LogP contribution in [-0.2, 0) is 60.7 Å². The maximum atomic E-state index is 14.4. The van der Waals surface area contributed by atoms with E-state index in [-0.39, 0.29) is 85.0 Å². The van der Waals surface area contributed by atoms with E-state index in [0.29, 0.717) is 29.8 Å². The summed E-state index contributed by atoms with van der Waals surface area (Å²) in [6.07, 6.45) is 5.56. The largest absolute Gasteiger partial charge is 0.495 e. The number of hydrogen-bond acceptors (Lipinski definition) is 19. The summed E-state index contributed by atoms with van der Waals surface area (Å²) in [7, 11) is 8.82. The summed E-state index contributed by atoms with van der Waals surface area (Å²) in [4.78, 5) is 125. The van der Waals surface area contributed by atoms with E-state index in [1.54, 1.807) is 44.2 Å². The molecule has 2 aromatic rings. The highest BCUT2D eigenvalue weighted by atomic mass is 79.9. The van der Waals surface area contributed by atoms with Gasteiger partial charge in [-0.25, -0.2) is 19.2 Å². The van der Waals surface area contributed by atoms with Crippen molar-refractivity contribution in [3.8, 4) is 11.5 Å². The zero-order chi connectivity index (χ0) is 66.9. The molecule has 10 atom stereocenters. The number of hydrogen-bond donors (Lipinski definition) is 6. The summed E-state index contributed by atoms with van der Waals surface area (Å²) in [6.45, 7) is 6.71. The molecule has 8 amide bonds. The second kappa shape index (κ2) is 33.6. The molecule has 91 heavy (non-hydrogen) atoms. The molecule has 29 heteroatoms. The Balaban J connectivity index is 1.04. The number of nitrogens with one attached hydrogen (secondary N) is 4. The van der Waals surface area contributed by atoms with Crippen LogP contribution >= 0.6 is 39.3 Å². The molecule has 7 N–H and O–H groups in total. The molecular weight excluding hydrogens is 1290 g/mol. The summed E-state index contributed by atoms with van der Waals surface area (Å²) in [6, 6.07) is 6.01. The number of likely N-dealkylation sites (N-methyl/N-ethyl adjacent to an activating group) is 3. The van der Waals surface area contributed by atoms with Crippen molar-refractivity contribution >= 4 is 104 Å². The van der Waals surface area contributed by atoms with Gasteiger partial charge in [0, 0.05) is 91.9 Å². The average Bonchev–Trinajstić information content (AvgIpc) is 1.58. The fraction of sp³-hybridized carbons (Fsp3) is 0.565. The monoisotopic (exact) mass is 1370 g/mol. The number of thioether (sulfide) groups is 1. The van der Waals surface area contributed by atoms with E-state index < -0.39 is 107 Å². The zero-order valence-corrected chi connectivity index (χ0v) is 56.2. The predicted octanol–water partition coefficient (Wildman–Crippen LogP) is 6.71. The Morgan fingerprint density at radius 1 is 1.01 bits per heavy atom. The average molecular weight is 1380 g/mol. The van der Waals surface area contributed by atoms with Crippen molar-refractivity contribution in [1.29, 1.82) is 0 Å². The first-order valence-corrected chi connectivity index (χ1v) is 32.4. The van der Waals surface area contributed by atoms with Crippen molar-refractivity contribution in [3.05, 3.63) is 82.4 Å². The minimum atomic E-state index is -1.90. The van der Waals surface area contributed by atoms with E-state index >= 15 is 0 Å². The summed E-state index contributed by atoms with van der Waals surface area (Å²) in [5.41, 5.74) is 5.54. The SMILES string of the molecule is COc1cc2cc(c1Cl)N(C)C(=O)C[C@H](OC(=O)[C@H](C)N(C)C(=O)CCSC(=O)N(C)CCN(C)C(=O)OCc1ccc(OC(=O)NC3CCCC/C=C/[C@@H]3N)c(NC(=O)CCNC(=O)CBr)c1)[C@]1(C)O[C@H]1[C@H](C)[C@@H]1C[C@@](O)(NC(=O)O1)[C@H](OC)/C=C/C=C(\C)C2. The number of anilines is 2. The van der Waals surface area contributed by atoms with E-state index in [2.05, 4.69) is 37.2 Å². The van der Waals surface area contributed by atoms with Crippen LogP contribution < -0.4 is 41.4 Å². The van der Waals surface area contributed by atoms with Crippen molar-refractivity contribution in [2.24, 2.45) is 11.7 Å². The van der Waals surface area contributed by atoms with Crippen LogP contribution in [0.5, 0.6) is 11.5 Å². The molecule has 1 aliphatic carbocycles. The number of nitrogens with zero attached hydrogens (tertiary/aromatic N) is 4. The molecule has 0 saturated carbocycles. The number of ether oxygens (including phenoxy) is 7. The molecule has 0 radical (unpaired) electrons. The highest BCUT2D eigenvalue weighted by Gasteiger charge is 2.64. The van der Waals surface area contributed by atoms with Gasteiger partial charge in [0.1, 0.15) is 47.3 Å². The number of epoxide rings is 1. The summed E-state index contributed by atoms with van der Waals surface area (Å²) < 4.78 is 40.7. The number of rotatable bonds is 20. The van der Waals surface area contributed by atoms with Crippen LogP contribution in [0.3, 0.4) is 0 Å². The molecule has 6 rings (SSSR count). The van der Waals surface area contributed by atoms with Gasteiger partial charge in [-0.1, -0.05) is 94.7 Å². The second-order valence-corrected chi connectivity index (χ2v) is 25.2. The molecule has 26 nitrogen and oxygen atoms in total. The molecule has 4 aliphatic rings. The number of amides is 8. The zero-order valence-electron chi connectivity index (χ0n) is 53.0. The third kappa shape index (κ3) is 20.3. The van der Waals surface area contributed by atoms with Crippen LogP contribution in [0.15, 0.2) is 66.3 Å². The third-order valence-corrected chi connectivity index (χ3v) is 18.3. The second-order valence-electron chi connectivity index (χ2n) is 23.2. The van der Waals surface area contributed by atoms with Gasteiger partial charge in [-0.3, -0.25) is 29.3 Å². The van der Waals surface area contributed by atoms with Gasteiger partial charge in [0.25, 0.3) is 5.24 Å². The van der Waals surface area contributed by atoms with Crippen LogP contribution in [0.25, 0.3) is 0 Å². The quantitative estimate of drug-likeness (QED) is 0.0264. The number of halogens is 2. The van der Waals surface area contributed by atoms with E-state index in [0.717, 1.165) is 42.2 Å². The van der Waals surface area contributed by atoms with Crippen molar-refractivity contribution < 1.29 is 81.4 Å². The van der Waals surface area contributed by atoms with Gasteiger partial charge in [-0.05, 0) is 81.8 Å². The number of alkyl carbamates (subject to hydrolysis) is 1. The van der Waals surface area contributed by atoms with Crippen molar-refractivity contribution in [2.45, 2.75) is 146 Å². The van der Waals surface area contributed by atoms with E-state index in [9.17, 15) is 48.3 Å².